The average molecular weight is 387 g/mol. The van der Waals surface area contributed by atoms with Gasteiger partial charge in [-0.1, -0.05) is 31.0 Å². The average Bonchev–Trinajstić information content (AvgIpc) is 3.47. The minimum Gasteiger partial charge on any atom is -0.507 e. The molecule has 0 spiro atoms. The number of pyridine rings is 1. The lowest BCUT2D eigenvalue weighted by Gasteiger charge is -2.30. The number of rotatable bonds is 3. The van der Waals surface area contributed by atoms with Gasteiger partial charge < -0.3 is 15.0 Å². The number of aliphatic hydroxyl groups is 1. The van der Waals surface area contributed by atoms with E-state index in [-0.39, 0.29) is 17.4 Å². The molecule has 1 aliphatic carbocycles. The fourth-order valence-corrected chi connectivity index (χ4v) is 4.70. The lowest BCUT2D eigenvalue weighted by molar-refractivity contribution is -0.141. The molecule has 3 aromatic rings. The zero-order chi connectivity index (χ0) is 20.0. The molecule has 0 bridgehead atoms. The van der Waals surface area contributed by atoms with Crippen LogP contribution in [-0.2, 0) is 9.59 Å². The molecule has 146 valence electrons. The summed E-state index contributed by atoms with van der Waals surface area (Å²) in [5.41, 5.74) is 2.40. The van der Waals surface area contributed by atoms with Crippen LogP contribution in [0.1, 0.15) is 42.9 Å². The zero-order valence-corrected chi connectivity index (χ0v) is 15.8. The number of benzene rings is 1. The van der Waals surface area contributed by atoms with Gasteiger partial charge in [-0.25, -0.2) is 0 Å². The SMILES string of the molecule is O=C1C(=O)N(C2CCCC2)C(c2c[nH]c3ccccc23)/C1=C(\O)c1ccncc1. The number of likely N-dealkylation sites (tertiary alicyclic amines) is 1. The van der Waals surface area contributed by atoms with Crippen LogP contribution in [0.15, 0.2) is 60.6 Å². The number of nitrogens with zero attached hydrogens (tertiary/aromatic N) is 2. The van der Waals surface area contributed by atoms with Crippen molar-refractivity contribution in [3.8, 4) is 0 Å². The summed E-state index contributed by atoms with van der Waals surface area (Å²) in [6, 6.07) is 10.5. The number of ketones is 1. The highest BCUT2D eigenvalue weighted by atomic mass is 16.3. The molecule has 1 aromatic carbocycles. The summed E-state index contributed by atoms with van der Waals surface area (Å²) < 4.78 is 0. The summed E-state index contributed by atoms with van der Waals surface area (Å²) in [6.45, 7) is 0. The first-order valence-electron chi connectivity index (χ1n) is 9.93. The van der Waals surface area contributed by atoms with Crippen LogP contribution >= 0.6 is 0 Å². The van der Waals surface area contributed by atoms with Crippen LogP contribution in [0.5, 0.6) is 0 Å². The molecule has 0 radical (unpaired) electrons. The number of aromatic amines is 1. The monoisotopic (exact) mass is 387 g/mol. The molecule has 1 aliphatic heterocycles. The third-order valence-corrected chi connectivity index (χ3v) is 6.07. The van der Waals surface area contributed by atoms with Gasteiger partial charge in [-0.15, -0.1) is 0 Å². The molecule has 29 heavy (non-hydrogen) atoms. The number of hydrogen-bond acceptors (Lipinski definition) is 4. The van der Waals surface area contributed by atoms with Crippen LogP contribution in [0.2, 0.25) is 0 Å². The van der Waals surface area contributed by atoms with E-state index >= 15 is 0 Å². The molecule has 1 atom stereocenters. The molecule has 6 heteroatoms. The van der Waals surface area contributed by atoms with Gasteiger partial charge in [0, 0.05) is 46.7 Å². The number of carbonyl (C=O) groups is 2. The van der Waals surface area contributed by atoms with E-state index in [1.54, 1.807) is 29.4 Å². The molecule has 1 amide bonds. The molecule has 1 unspecified atom stereocenters. The number of carbonyl (C=O) groups excluding carboxylic acids is 2. The summed E-state index contributed by atoms with van der Waals surface area (Å²) in [7, 11) is 0. The summed E-state index contributed by atoms with van der Waals surface area (Å²) in [5.74, 6) is -1.30. The number of hydrogen-bond donors (Lipinski definition) is 2. The third-order valence-electron chi connectivity index (χ3n) is 6.07. The number of amides is 1. The molecule has 2 N–H and O–H groups in total. The van der Waals surface area contributed by atoms with E-state index in [0.717, 1.165) is 42.1 Å². The molecule has 2 fully saturated rings. The quantitative estimate of drug-likeness (QED) is 0.405. The van der Waals surface area contributed by atoms with Crippen molar-refractivity contribution in [2.24, 2.45) is 0 Å². The maximum Gasteiger partial charge on any atom is 0.295 e. The Morgan fingerprint density at radius 2 is 1.79 bits per heavy atom. The topological polar surface area (TPSA) is 86.3 Å². The van der Waals surface area contributed by atoms with E-state index in [0.29, 0.717) is 5.56 Å². The minimum atomic E-state index is -0.624. The summed E-state index contributed by atoms with van der Waals surface area (Å²) >= 11 is 0. The van der Waals surface area contributed by atoms with Crippen molar-refractivity contribution < 1.29 is 14.7 Å². The largest absolute Gasteiger partial charge is 0.507 e. The second kappa shape index (κ2) is 6.88. The van der Waals surface area contributed by atoms with Gasteiger partial charge >= 0.3 is 0 Å². The van der Waals surface area contributed by atoms with Crippen molar-refractivity contribution in [3.63, 3.8) is 0 Å². The van der Waals surface area contributed by atoms with E-state index in [2.05, 4.69) is 9.97 Å². The number of aliphatic hydroxyl groups excluding tert-OH is 1. The number of nitrogens with one attached hydrogen (secondary N) is 1. The van der Waals surface area contributed by atoms with Gasteiger partial charge in [0.05, 0.1) is 11.6 Å². The van der Waals surface area contributed by atoms with Gasteiger partial charge in [0.25, 0.3) is 11.7 Å². The summed E-state index contributed by atoms with van der Waals surface area (Å²) in [5, 5.41) is 12.0. The Bertz CT molecular complexity index is 1130. The Kier molecular flexibility index (Phi) is 4.19. The first kappa shape index (κ1) is 17.7. The smallest absolute Gasteiger partial charge is 0.295 e. The molecule has 5 rings (SSSR count). The molecular formula is C23H21N3O3. The molecule has 1 saturated heterocycles. The third kappa shape index (κ3) is 2.75. The zero-order valence-electron chi connectivity index (χ0n) is 15.8. The van der Waals surface area contributed by atoms with Crippen LogP contribution in [0.4, 0.5) is 0 Å². The number of para-hydroxylation sites is 1. The van der Waals surface area contributed by atoms with E-state index in [1.807, 2.05) is 30.5 Å². The summed E-state index contributed by atoms with van der Waals surface area (Å²) in [6.07, 6.45) is 8.80. The Hall–Kier alpha value is -3.41. The van der Waals surface area contributed by atoms with Crippen molar-refractivity contribution >= 4 is 28.4 Å². The predicted molar refractivity (Wildman–Crippen MR) is 109 cm³/mol. The molecular weight excluding hydrogens is 366 g/mol. The van der Waals surface area contributed by atoms with Gasteiger partial charge in [0.2, 0.25) is 0 Å². The van der Waals surface area contributed by atoms with Gasteiger partial charge in [-0.2, -0.15) is 0 Å². The fourth-order valence-electron chi connectivity index (χ4n) is 4.70. The maximum atomic E-state index is 13.1. The molecule has 1 saturated carbocycles. The van der Waals surface area contributed by atoms with Gasteiger partial charge in [-0.3, -0.25) is 14.6 Å². The van der Waals surface area contributed by atoms with E-state index in [1.165, 1.54) is 0 Å². The van der Waals surface area contributed by atoms with E-state index < -0.39 is 17.7 Å². The molecule has 2 aliphatic rings. The maximum absolute atomic E-state index is 13.1. The number of Topliss-reactive ketones (excluding diaryl/α,β-unsaturated/α-hetero) is 1. The van der Waals surface area contributed by atoms with E-state index in [9.17, 15) is 14.7 Å². The highest BCUT2D eigenvalue weighted by Crippen LogP contribution is 2.45. The molecule has 3 heterocycles. The predicted octanol–water partition coefficient (Wildman–Crippen LogP) is 3.93. The van der Waals surface area contributed by atoms with Gasteiger partial charge in [0.15, 0.2) is 0 Å². The summed E-state index contributed by atoms with van der Waals surface area (Å²) in [4.78, 5) is 35.1. The number of H-pyrrole nitrogens is 1. The molecule has 6 nitrogen and oxygen atoms in total. The lowest BCUT2D eigenvalue weighted by Crippen LogP contribution is -2.37. The fraction of sp³-hybridized carbons (Fsp3) is 0.261. The van der Waals surface area contributed by atoms with Crippen LogP contribution in [0, 0.1) is 0 Å². The second-order valence-electron chi connectivity index (χ2n) is 7.67. The Balaban J connectivity index is 1.74. The first-order chi connectivity index (χ1) is 14.2. The van der Waals surface area contributed by atoms with Crippen molar-refractivity contribution in [2.75, 3.05) is 0 Å². The van der Waals surface area contributed by atoms with E-state index in [4.69, 9.17) is 0 Å². The minimum absolute atomic E-state index is 0.00727. The molecule has 2 aromatic heterocycles. The van der Waals surface area contributed by atoms with Gasteiger partial charge in [-0.05, 0) is 31.0 Å². The standard InChI is InChI=1S/C23H21N3O3/c27-21(14-9-11-24-12-10-14)19-20(17-13-25-18-8-4-3-7-16(17)18)26(23(29)22(19)28)15-5-1-2-6-15/h3-4,7-13,15,20,25,27H,1-2,5-6H2/b21-19+. The number of fused-ring (bicyclic) bond motifs is 1. The number of aromatic nitrogens is 2. The van der Waals surface area contributed by atoms with Crippen molar-refractivity contribution in [3.05, 3.63) is 71.7 Å². The van der Waals surface area contributed by atoms with Crippen molar-refractivity contribution in [1.29, 1.82) is 0 Å². The highest BCUT2D eigenvalue weighted by Gasteiger charge is 2.49. The van der Waals surface area contributed by atoms with Crippen LogP contribution in [0.3, 0.4) is 0 Å². The Labute approximate surface area is 167 Å². The van der Waals surface area contributed by atoms with Gasteiger partial charge in [0.1, 0.15) is 5.76 Å². The Morgan fingerprint density at radius 3 is 2.55 bits per heavy atom. The Morgan fingerprint density at radius 1 is 1.07 bits per heavy atom. The normalized spacial score (nSPS) is 22.1. The second-order valence-corrected chi connectivity index (χ2v) is 7.67. The lowest BCUT2D eigenvalue weighted by atomic mass is 9.94. The van der Waals surface area contributed by atoms with Crippen LogP contribution in [0.25, 0.3) is 16.7 Å². The highest BCUT2D eigenvalue weighted by molar-refractivity contribution is 6.46. The van der Waals surface area contributed by atoms with Crippen LogP contribution in [-0.4, -0.2) is 37.7 Å². The first-order valence-corrected chi connectivity index (χ1v) is 9.93. The van der Waals surface area contributed by atoms with Crippen LogP contribution < -0.4 is 0 Å². The van der Waals surface area contributed by atoms with Crippen molar-refractivity contribution in [2.45, 2.75) is 37.8 Å². The van der Waals surface area contributed by atoms with Crippen molar-refractivity contribution in [1.82, 2.24) is 14.9 Å².